The summed E-state index contributed by atoms with van der Waals surface area (Å²) < 4.78 is 5.03. The number of nitriles is 1. The van der Waals surface area contributed by atoms with Crippen LogP contribution in [0.25, 0.3) is 0 Å². The van der Waals surface area contributed by atoms with E-state index in [4.69, 9.17) is 4.74 Å². The third kappa shape index (κ3) is 2.43. The van der Waals surface area contributed by atoms with Gasteiger partial charge in [0.25, 0.3) is 0 Å². The number of carbonyl (C=O) groups excluding carboxylic acids is 1. The third-order valence-corrected chi connectivity index (χ3v) is 5.29. The van der Waals surface area contributed by atoms with Crippen molar-refractivity contribution in [3.8, 4) is 6.07 Å². The molecule has 0 bridgehead atoms. The quantitative estimate of drug-likeness (QED) is 0.799. The Labute approximate surface area is 137 Å². The van der Waals surface area contributed by atoms with E-state index in [2.05, 4.69) is 28.0 Å². The van der Waals surface area contributed by atoms with Crippen molar-refractivity contribution in [2.45, 2.75) is 38.5 Å². The third-order valence-electron chi connectivity index (χ3n) is 5.29. The SMILES string of the molecule is COC(=O)C1(C)CC(C)(C#N)C2N(Cc3ccccc3)CCN21. The number of hydrogen-bond donors (Lipinski definition) is 0. The molecule has 0 radical (unpaired) electrons. The number of fused-ring (bicyclic) bond motifs is 1. The average molecular weight is 313 g/mol. The van der Waals surface area contributed by atoms with Crippen molar-refractivity contribution in [3.05, 3.63) is 35.9 Å². The van der Waals surface area contributed by atoms with Gasteiger partial charge in [0.15, 0.2) is 0 Å². The molecule has 2 aliphatic heterocycles. The lowest BCUT2D eigenvalue weighted by molar-refractivity contribution is -0.153. The summed E-state index contributed by atoms with van der Waals surface area (Å²) in [4.78, 5) is 16.8. The zero-order valence-corrected chi connectivity index (χ0v) is 14.0. The molecule has 122 valence electrons. The maximum absolute atomic E-state index is 12.4. The van der Waals surface area contributed by atoms with E-state index in [-0.39, 0.29) is 12.1 Å². The van der Waals surface area contributed by atoms with Crippen molar-refractivity contribution in [1.82, 2.24) is 9.80 Å². The first-order valence-corrected chi connectivity index (χ1v) is 7.99. The van der Waals surface area contributed by atoms with E-state index >= 15 is 0 Å². The minimum Gasteiger partial charge on any atom is -0.468 e. The van der Waals surface area contributed by atoms with Gasteiger partial charge in [0.1, 0.15) is 5.54 Å². The van der Waals surface area contributed by atoms with Gasteiger partial charge in [-0.15, -0.1) is 0 Å². The Morgan fingerprint density at radius 2 is 2.04 bits per heavy atom. The Bertz CT molecular complexity index is 641. The zero-order valence-electron chi connectivity index (χ0n) is 14.0. The number of carbonyl (C=O) groups is 1. The van der Waals surface area contributed by atoms with Gasteiger partial charge in [-0.25, -0.2) is 0 Å². The second-order valence-electron chi connectivity index (χ2n) is 6.99. The summed E-state index contributed by atoms with van der Waals surface area (Å²) in [6.45, 7) is 6.28. The molecule has 0 spiro atoms. The van der Waals surface area contributed by atoms with Gasteiger partial charge in [-0.05, 0) is 25.8 Å². The highest BCUT2D eigenvalue weighted by molar-refractivity contribution is 5.81. The topological polar surface area (TPSA) is 56.6 Å². The monoisotopic (exact) mass is 313 g/mol. The van der Waals surface area contributed by atoms with Crippen LogP contribution in [0.4, 0.5) is 0 Å². The number of methoxy groups -OCH3 is 1. The molecule has 2 saturated heterocycles. The smallest absolute Gasteiger partial charge is 0.326 e. The van der Waals surface area contributed by atoms with E-state index in [0.29, 0.717) is 6.42 Å². The summed E-state index contributed by atoms with van der Waals surface area (Å²) in [6, 6.07) is 12.7. The number of nitrogens with zero attached hydrogens (tertiary/aromatic N) is 3. The van der Waals surface area contributed by atoms with Gasteiger partial charge >= 0.3 is 5.97 Å². The molecule has 0 aromatic heterocycles. The lowest BCUT2D eigenvalue weighted by atomic mass is 9.82. The fourth-order valence-electron chi connectivity index (χ4n) is 4.34. The molecular weight excluding hydrogens is 290 g/mol. The van der Waals surface area contributed by atoms with Crippen LogP contribution in [0, 0.1) is 16.7 Å². The zero-order chi connectivity index (χ0) is 16.7. The highest BCUT2D eigenvalue weighted by Crippen LogP contribution is 2.50. The van der Waals surface area contributed by atoms with Crippen LogP contribution in [0.3, 0.4) is 0 Å². The molecule has 1 aromatic carbocycles. The Morgan fingerprint density at radius 1 is 1.35 bits per heavy atom. The van der Waals surface area contributed by atoms with E-state index in [0.717, 1.165) is 19.6 Å². The van der Waals surface area contributed by atoms with Crippen LogP contribution in [0.5, 0.6) is 0 Å². The molecule has 3 atom stereocenters. The average Bonchev–Trinajstić information content (AvgIpc) is 3.08. The Kier molecular flexibility index (Phi) is 3.91. The number of ether oxygens (including phenoxy) is 1. The second kappa shape index (κ2) is 5.63. The summed E-state index contributed by atoms with van der Waals surface area (Å²) in [5, 5.41) is 9.79. The number of benzene rings is 1. The van der Waals surface area contributed by atoms with Gasteiger partial charge < -0.3 is 4.74 Å². The molecule has 2 fully saturated rings. The first kappa shape index (κ1) is 16.0. The first-order valence-electron chi connectivity index (χ1n) is 7.99. The van der Waals surface area contributed by atoms with Crippen molar-refractivity contribution < 1.29 is 9.53 Å². The van der Waals surface area contributed by atoms with Crippen molar-refractivity contribution in [1.29, 1.82) is 5.26 Å². The van der Waals surface area contributed by atoms with Gasteiger partial charge in [0, 0.05) is 19.6 Å². The maximum atomic E-state index is 12.4. The fourth-order valence-corrected chi connectivity index (χ4v) is 4.34. The van der Waals surface area contributed by atoms with Gasteiger partial charge in [0.05, 0.1) is 24.8 Å². The number of esters is 1. The molecule has 1 aromatic rings. The summed E-state index contributed by atoms with van der Waals surface area (Å²) in [6.07, 6.45) is 0.441. The van der Waals surface area contributed by atoms with E-state index < -0.39 is 11.0 Å². The normalized spacial score (nSPS) is 34.1. The van der Waals surface area contributed by atoms with Gasteiger partial charge in [-0.2, -0.15) is 5.26 Å². The van der Waals surface area contributed by atoms with Crippen LogP contribution < -0.4 is 0 Å². The van der Waals surface area contributed by atoms with E-state index in [1.165, 1.54) is 12.7 Å². The van der Waals surface area contributed by atoms with Crippen molar-refractivity contribution in [3.63, 3.8) is 0 Å². The second-order valence-corrected chi connectivity index (χ2v) is 6.99. The Hall–Kier alpha value is -1.90. The number of hydrogen-bond acceptors (Lipinski definition) is 5. The fraction of sp³-hybridized carbons (Fsp3) is 0.556. The summed E-state index contributed by atoms with van der Waals surface area (Å²) in [5.41, 5.74) is -0.0925. The highest BCUT2D eigenvalue weighted by atomic mass is 16.5. The van der Waals surface area contributed by atoms with Crippen LogP contribution >= 0.6 is 0 Å². The number of rotatable bonds is 3. The minimum absolute atomic E-state index is 0.0585. The molecule has 2 heterocycles. The Balaban J connectivity index is 1.91. The van der Waals surface area contributed by atoms with Crippen molar-refractivity contribution in [2.75, 3.05) is 20.2 Å². The molecule has 5 nitrogen and oxygen atoms in total. The minimum atomic E-state index is -0.727. The predicted octanol–water partition coefficient (Wildman–Crippen LogP) is 2.00. The van der Waals surface area contributed by atoms with E-state index in [1.54, 1.807) is 0 Å². The molecule has 3 unspecified atom stereocenters. The van der Waals surface area contributed by atoms with Gasteiger partial charge in [-0.1, -0.05) is 30.3 Å². The summed E-state index contributed by atoms with van der Waals surface area (Å²) in [7, 11) is 1.42. The molecule has 0 aliphatic carbocycles. The van der Waals surface area contributed by atoms with E-state index in [1.807, 2.05) is 32.0 Å². The Morgan fingerprint density at radius 3 is 2.65 bits per heavy atom. The molecular formula is C18H23N3O2. The highest BCUT2D eigenvalue weighted by Gasteiger charge is 2.63. The lowest BCUT2D eigenvalue weighted by Gasteiger charge is -2.34. The van der Waals surface area contributed by atoms with Crippen LogP contribution in [0.2, 0.25) is 0 Å². The molecule has 0 amide bonds. The molecule has 5 heteroatoms. The van der Waals surface area contributed by atoms with E-state index in [9.17, 15) is 10.1 Å². The van der Waals surface area contributed by atoms with Crippen LogP contribution in [-0.4, -0.2) is 47.7 Å². The standard InChI is InChI=1S/C18H23N3O2/c1-17(13-19)12-18(2,16(22)23-3)21-10-9-20(15(17)21)11-14-7-5-4-6-8-14/h4-8,15H,9-12H2,1-3H3. The van der Waals surface area contributed by atoms with Gasteiger partial charge in [0.2, 0.25) is 0 Å². The predicted molar refractivity (Wildman–Crippen MR) is 86.1 cm³/mol. The molecule has 3 rings (SSSR count). The maximum Gasteiger partial charge on any atom is 0.326 e. The molecule has 0 N–H and O–H groups in total. The van der Waals surface area contributed by atoms with Gasteiger partial charge in [-0.3, -0.25) is 14.6 Å². The van der Waals surface area contributed by atoms with Crippen LogP contribution in [0.15, 0.2) is 30.3 Å². The first-order chi connectivity index (χ1) is 10.9. The lowest BCUT2D eigenvalue weighted by Crippen LogP contribution is -2.51. The molecule has 0 saturated carbocycles. The van der Waals surface area contributed by atoms with Crippen molar-refractivity contribution in [2.24, 2.45) is 5.41 Å². The summed E-state index contributed by atoms with van der Waals surface area (Å²) in [5.74, 6) is -0.247. The summed E-state index contributed by atoms with van der Waals surface area (Å²) >= 11 is 0. The molecule has 2 aliphatic rings. The van der Waals surface area contributed by atoms with Crippen molar-refractivity contribution >= 4 is 5.97 Å². The largest absolute Gasteiger partial charge is 0.468 e. The molecule has 23 heavy (non-hydrogen) atoms. The van der Waals surface area contributed by atoms with Crippen LogP contribution in [0.1, 0.15) is 25.8 Å². The van der Waals surface area contributed by atoms with Crippen LogP contribution in [-0.2, 0) is 16.1 Å².